The van der Waals surface area contributed by atoms with Gasteiger partial charge in [0.25, 0.3) is 0 Å². The van der Waals surface area contributed by atoms with E-state index in [0.717, 1.165) is 24.6 Å². The number of hydrogen-bond donors (Lipinski definition) is 8. The number of carbonyl (C=O) groups excluding carboxylic acids is 2. The molecule has 9 atom stereocenters. The molecule has 2 aliphatic rings. The SMILES string of the molecule is CCC[C@H]1CN[C@H](C(=O)N[C@@H]([C@H]2O[C@H](SCCOC(=O)c3c(O)cccc3O)[C@H](O)[C@@H](O)[C@H]2O)[C@@H](C)O)C1. The molecule has 2 aliphatic heterocycles. The van der Waals surface area contributed by atoms with Crippen LogP contribution in [-0.2, 0) is 14.3 Å². The normalized spacial score (nSPS) is 30.9. The fraction of sp³-hybridized carbons (Fsp3) is 0.680. The monoisotopic (exact) mass is 558 g/mol. The van der Waals surface area contributed by atoms with Crippen LogP contribution in [0.5, 0.6) is 11.5 Å². The Morgan fingerprint density at radius 2 is 1.87 bits per heavy atom. The Bertz CT molecular complexity index is 930. The predicted octanol–water partition coefficient (Wildman–Crippen LogP) is -0.561. The number of phenolic OH excluding ortho intramolecular Hbond substituents is 2. The third-order valence-electron chi connectivity index (χ3n) is 6.85. The lowest BCUT2D eigenvalue weighted by molar-refractivity contribution is -0.211. The quantitative estimate of drug-likeness (QED) is 0.127. The fourth-order valence-electron chi connectivity index (χ4n) is 4.80. The lowest BCUT2D eigenvalue weighted by Gasteiger charge is -2.44. The van der Waals surface area contributed by atoms with Crippen molar-refractivity contribution in [3.8, 4) is 11.5 Å². The lowest BCUT2D eigenvalue weighted by Crippen LogP contribution is -2.65. The summed E-state index contributed by atoms with van der Waals surface area (Å²) in [7, 11) is 0. The number of benzene rings is 1. The maximum absolute atomic E-state index is 12.9. The van der Waals surface area contributed by atoms with Gasteiger partial charge in [-0.05, 0) is 44.4 Å². The Labute approximate surface area is 225 Å². The number of carbonyl (C=O) groups is 2. The van der Waals surface area contributed by atoms with Crippen molar-refractivity contribution in [1.29, 1.82) is 0 Å². The molecule has 0 aliphatic carbocycles. The molecular weight excluding hydrogens is 520 g/mol. The largest absolute Gasteiger partial charge is 0.507 e. The van der Waals surface area contributed by atoms with Gasteiger partial charge in [-0.25, -0.2) is 4.79 Å². The van der Waals surface area contributed by atoms with Crippen LogP contribution in [0.2, 0.25) is 0 Å². The van der Waals surface area contributed by atoms with E-state index in [-0.39, 0.29) is 23.8 Å². The molecule has 1 amide bonds. The zero-order valence-corrected chi connectivity index (χ0v) is 22.2. The molecule has 0 saturated carbocycles. The molecule has 38 heavy (non-hydrogen) atoms. The summed E-state index contributed by atoms with van der Waals surface area (Å²) in [6.45, 7) is 4.04. The van der Waals surface area contributed by atoms with Gasteiger partial charge in [-0.1, -0.05) is 19.4 Å². The summed E-state index contributed by atoms with van der Waals surface area (Å²) in [6.07, 6.45) is -4.44. The molecule has 0 spiro atoms. The highest BCUT2D eigenvalue weighted by Crippen LogP contribution is 2.31. The van der Waals surface area contributed by atoms with Crippen LogP contribution in [0.25, 0.3) is 0 Å². The van der Waals surface area contributed by atoms with E-state index in [1.165, 1.54) is 25.1 Å². The minimum atomic E-state index is -1.62. The Balaban J connectivity index is 1.58. The number of aliphatic hydroxyl groups is 4. The summed E-state index contributed by atoms with van der Waals surface area (Å²) in [6, 6.07) is 2.30. The standard InChI is InChI=1S/C25H38N2O10S/c1-3-5-13-10-14(26-11-13)23(34)27-18(12(2)28)22-20(32)19(31)21(33)25(37-22)38-9-8-36-24(35)17-15(29)6-4-7-16(17)30/h4,6-7,12-14,18-22,25-26,28-33H,3,5,8-11H2,1-2H3,(H,27,34)/t12-,13-,14+,18-,19+,20-,21-,22-,25-/m1/s1. The summed E-state index contributed by atoms with van der Waals surface area (Å²) in [5.41, 5.74) is -1.45. The summed E-state index contributed by atoms with van der Waals surface area (Å²) < 4.78 is 10.9. The van der Waals surface area contributed by atoms with E-state index < -0.39 is 65.5 Å². The maximum Gasteiger partial charge on any atom is 0.345 e. The van der Waals surface area contributed by atoms with Gasteiger partial charge in [-0.15, -0.1) is 11.8 Å². The first kappa shape index (κ1) is 30.4. The van der Waals surface area contributed by atoms with Crippen molar-refractivity contribution in [1.82, 2.24) is 10.6 Å². The third kappa shape index (κ3) is 7.29. The number of aliphatic hydroxyl groups excluding tert-OH is 4. The van der Waals surface area contributed by atoms with Crippen molar-refractivity contribution in [2.75, 3.05) is 18.9 Å². The number of esters is 1. The second-order valence-electron chi connectivity index (χ2n) is 9.75. The first-order valence-corrected chi connectivity index (χ1v) is 13.8. The number of rotatable bonds is 11. The fourth-order valence-corrected chi connectivity index (χ4v) is 5.77. The van der Waals surface area contributed by atoms with E-state index in [1.807, 2.05) is 0 Å². The Kier molecular flexibility index (Phi) is 11.0. The molecular formula is C25H38N2O10S. The Morgan fingerprint density at radius 1 is 1.18 bits per heavy atom. The molecule has 1 aromatic carbocycles. The van der Waals surface area contributed by atoms with Gasteiger partial charge in [0.1, 0.15) is 53.5 Å². The third-order valence-corrected chi connectivity index (χ3v) is 7.97. The topological polar surface area (TPSA) is 198 Å². The van der Waals surface area contributed by atoms with Crippen molar-refractivity contribution in [2.24, 2.45) is 5.92 Å². The van der Waals surface area contributed by atoms with Crippen molar-refractivity contribution in [3.05, 3.63) is 23.8 Å². The minimum absolute atomic E-state index is 0.0911. The smallest absolute Gasteiger partial charge is 0.345 e. The van der Waals surface area contributed by atoms with Crippen molar-refractivity contribution < 1.29 is 49.7 Å². The number of phenols is 2. The molecule has 0 aromatic heterocycles. The molecule has 13 heteroatoms. The second kappa shape index (κ2) is 13.8. The van der Waals surface area contributed by atoms with Gasteiger partial charge >= 0.3 is 5.97 Å². The number of aromatic hydroxyl groups is 2. The molecule has 2 fully saturated rings. The molecule has 0 unspecified atom stereocenters. The Morgan fingerprint density at radius 3 is 2.50 bits per heavy atom. The van der Waals surface area contributed by atoms with Gasteiger partial charge < -0.3 is 50.7 Å². The van der Waals surface area contributed by atoms with E-state index in [2.05, 4.69) is 17.6 Å². The summed E-state index contributed by atoms with van der Waals surface area (Å²) in [5.74, 6) is -1.71. The lowest BCUT2D eigenvalue weighted by atomic mass is 9.92. The second-order valence-corrected chi connectivity index (χ2v) is 11.0. The van der Waals surface area contributed by atoms with E-state index in [4.69, 9.17) is 9.47 Å². The Hall–Kier alpha value is -2.13. The highest BCUT2D eigenvalue weighted by molar-refractivity contribution is 7.99. The van der Waals surface area contributed by atoms with Gasteiger partial charge in [-0.2, -0.15) is 0 Å². The molecule has 3 rings (SSSR count). The van der Waals surface area contributed by atoms with Crippen LogP contribution in [0.1, 0.15) is 43.5 Å². The zero-order chi connectivity index (χ0) is 28.0. The molecule has 214 valence electrons. The van der Waals surface area contributed by atoms with Crippen LogP contribution >= 0.6 is 11.8 Å². The van der Waals surface area contributed by atoms with Crippen molar-refractivity contribution in [2.45, 2.75) is 81.1 Å². The number of thioether (sulfide) groups is 1. The minimum Gasteiger partial charge on any atom is -0.507 e. The molecule has 1 aromatic rings. The van der Waals surface area contributed by atoms with Gasteiger partial charge in [0.05, 0.1) is 18.2 Å². The molecule has 8 N–H and O–H groups in total. The van der Waals surface area contributed by atoms with Crippen LogP contribution in [0.4, 0.5) is 0 Å². The summed E-state index contributed by atoms with van der Waals surface area (Å²) in [5, 5.41) is 67.4. The first-order chi connectivity index (χ1) is 18.0. The number of amides is 1. The van der Waals surface area contributed by atoms with E-state index in [0.29, 0.717) is 18.9 Å². The van der Waals surface area contributed by atoms with E-state index in [9.17, 15) is 40.2 Å². The van der Waals surface area contributed by atoms with Crippen LogP contribution in [0, 0.1) is 5.92 Å². The maximum atomic E-state index is 12.9. The molecule has 12 nitrogen and oxygen atoms in total. The number of hydrogen-bond acceptors (Lipinski definition) is 12. The summed E-state index contributed by atoms with van der Waals surface area (Å²) in [4.78, 5) is 25.1. The van der Waals surface area contributed by atoms with Crippen LogP contribution in [-0.4, -0.2) is 109 Å². The van der Waals surface area contributed by atoms with Gasteiger partial charge in [0.2, 0.25) is 5.91 Å². The van der Waals surface area contributed by atoms with Gasteiger partial charge in [0.15, 0.2) is 0 Å². The molecule has 0 bridgehead atoms. The first-order valence-electron chi connectivity index (χ1n) is 12.8. The molecule has 2 heterocycles. The van der Waals surface area contributed by atoms with Crippen LogP contribution in [0.15, 0.2) is 18.2 Å². The van der Waals surface area contributed by atoms with Crippen LogP contribution in [0.3, 0.4) is 0 Å². The van der Waals surface area contributed by atoms with Crippen molar-refractivity contribution >= 4 is 23.6 Å². The number of ether oxygens (including phenoxy) is 2. The van der Waals surface area contributed by atoms with Crippen molar-refractivity contribution in [3.63, 3.8) is 0 Å². The van der Waals surface area contributed by atoms with E-state index >= 15 is 0 Å². The average molecular weight is 559 g/mol. The average Bonchev–Trinajstić information content (AvgIpc) is 3.34. The molecule has 0 radical (unpaired) electrons. The summed E-state index contributed by atoms with van der Waals surface area (Å²) >= 11 is 0.987. The zero-order valence-electron chi connectivity index (χ0n) is 21.4. The van der Waals surface area contributed by atoms with E-state index in [1.54, 1.807) is 0 Å². The molecule has 2 saturated heterocycles. The van der Waals surface area contributed by atoms with Gasteiger partial charge in [0, 0.05) is 5.75 Å². The number of nitrogens with one attached hydrogen (secondary N) is 2. The predicted molar refractivity (Wildman–Crippen MR) is 138 cm³/mol. The highest BCUT2D eigenvalue weighted by atomic mass is 32.2. The highest BCUT2D eigenvalue weighted by Gasteiger charge is 2.48. The van der Waals surface area contributed by atoms with Gasteiger partial charge in [-0.3, -0.25) is 4.79 Å². The van der Waals surface area contributed by atoms with Crippen LogP contribution < -0.4 is 10.6 Å².